The van der Waals surface area contributed by atoms with Crippen LogP contribution in [0.5, 0.6) is 0 Å². The monoisotopic (exact) mass is 325 g/mol. The van der Waals surface area contributed by atoms with Gasteiger partial charge in [-0.05, 0) is 30.4 Å². The van der Waals surface area contributed by atoms with Crippen molar-refractivity contribution in [2.75, 3.05) is 18.5 Å². The molecular weight excluding hydrogens is 306 g/mol. The summed E-state index contributed by atoms with van der Waals surface area (Å²) < 4.78 is 1.90. The Morgan fingerprint density at radius 3 is 2.71 bits per heavy atom. The molecule has 1 saturated heterocycles. The Kier molecular flexibility index (Phi) is 3.21. The van der Waals surface area contributed by atoms with E-state index in [1.165, 1.54) is 11.9 Å². The number of carbonyl (C=O) groups excluding carboxylic acids is 2. The highest BCUT2D eigenvalue weighted by atomic mass is 16.2. The van der Waals surface area contributed by atoms with E-state index in [1.807, 2.05) is 22.9 Å². The minimum absolute atomic E-state index is 0.0365. The van der Waals surface area contributed by atoms with Crippen LogP contribution in [0.3, 0.4) is 0 Å². The number of amides is 3. The summed E-state index contributed by atoms with van der Waals surface area (Å²) in [5.74, 6) is 0.294. The van der Waals surface area contributed by atoms with Gasteiger partial charge in [-0.15, -0.1) is 6.58 Å². The minimum Gasteiger partial charge on any atom is -0.319 e. The molecular formula is C17H19N5O2. The number of rotatable bonds is 4. The molecule has 1 aliphatic carbocycles. The molecule has 3 heterocycles. The van der Waals surface area contributed by atoms with Gasteiger partial charge < -0.3 is 10.1 Å². The van der Waals surface area contributed by atoms with Crippen LogP contribution in [-0.2, 0) is 4.79 Å². The molecule has 7 heteroatoms. The minimum atomic E-state index is -0.374. The summed E-state index contributed by atoms with van der Waals surface area (Å²) in [4.78, 5) is 31.5. The van der Waals surface area contributed by atoms with Gasteiger partial charge in [-0.2, -0.15) is 0 Å². The molecule has 1 saturated carbocycles. The maximum Gasteiger partial charge on any atom is 0.331 e. The van der Waals surface area contributed by atoms with E-state index in [2.05, 4.69) is 11.6 Å². The van der Waals surface area contributed by atoms with Gasteiger partial charge in [-0.3, -0.25) is 14.6 Å². The first-order chi connectivity index (χ1) is 11.5. The lowest BCUT2D eigenvalue weighted by molar-refractivity contribution is -0.123. The highest BCUT2D eigenvalue weighted by Gasteiger charge is 2.36. The Hall–Kier alpha value is -2.67. The summed E-state index contributed by atoms with van der Waals surface area (Å²) >= 11 is 0. The van der Waals surface area contributed by atoms with Crippen molar-refractivity contribution in [1.29, 1.82) is 0 Å². The third kappa shape index (κ3) is 2.20. The first kappa shape index (κ1) is 14.9. The standard InChI is InChI=1S/C17H19N5O2/c1-3-12(18)13-8-21-7-11(10-4-5-10)6-14(16(21)19-13)22-9-15(23)20(2)17(22)24/h3,6-8,10,12H,1,4-5,9,18H2,2H3/t12-/m1/s1. The number of nitrogens with two attached hydrogens (primary N) is 1. The van der Waals surface area contributed by atoms with E-state index in [4.69, 9.17) is 5.73 Å². The number of carbonyl (C=O) groups is 2. The second kappa shape index (κ2) is 5.17. The molecule has 24 heavy (non-hydrogen) atoms. The zero-order valence-corrected chi connectivity index (χ0v) is 13.5. The number of likely N-dealkylation sites (N-methyl/N-ethyl adjacent to an activating group) is 1. The number of fused-ring (bicyclic) bond motifs is 1. The molecule has 1 atom stereocenters. The Bertz CT molecular complexity index is 867. The number of urea groups is 1. The summed E-state index contributed by atoms with van der Waals surface area (Å²) in [5, 5.41) is 0. The van der Waals surface area contributed by atoms with E-state index >= 15 is 0 Å². The number of imidazole rings is 1. The number of anilines is 1. The molecule has 7 nitrogen and oxygen atoms in total. The van der Waals surface area contributed by atoms with Gasteiger partial charge in [-0.25, -0.2) is 9.78 Å². The van der Waals surface area contributed by atoms with Crippen molar-refractivity contribution in [1.82, 2.24) is 14.3 Å². The van der Waals surface area contributed by atoms with Gasteiger partial charge in [0.2, 0.25) is 5.91 Å². The SMILES string of the molecule is C=C[C@@H](N)c1cn2cc(C3CC3)cc(N3CC(=O)N(C)C3=O)c2n1. The normalized spacial score (nSPS) is 19.4. The summed E-state index contributed by atoms with van der Waals surface area (Å²) in [6, 6.07) is 1.28. The largest absolute Gasteiger partial charge is 0.331 e. The maximum absolute atomic E-state index is 12.4. The van der Waals surface area contributed by atoms with Crippen molar-refractivity contribution >= 4 is 23.3 Å². The van der Waals surface area contributed by atoms with Gasteiger partial charge in [0.1, 0.15) is 6.54 Å². The average Bonchev–Trinajstić information content (AvgIpc) is 3.29. The second-order valence-electron chi connectivity index (χ2n) is 6.41. The van der Waals surface area contributed by atoms with Crippen molar-refractivity contribution in [3.8, 4) is 0 Å². The van der Waals surface area contributed by atoms with Crippen LogP contribution in [0.2, 0.25) is 0 Å². The fourth-order valence-corrected chi connectivity index (χ4v) is 3.03. The number of imide groups is 1. The number of aromatic nitrogens is 2. The van der Waals surface area contributed by atoms with Gasteiger partial charge in [0.25, 0.3) is 0 Å². The van der Waals surface area contributed by atoms with Crippen LogP contribution in [0.1, 0.15) is 36.1 Å². The highest BCUT2D eigenvalue weighted by molar-refractivity contribution is 6.13. The lowest BCUT2D eigenvalue weighted by atomic mass is 10.1. The fourth-order valence-electron chi connectivity index (χ4n) is 3.03. The molecule has 0 radical (unpaired) electrons. The highest BCUT2D eigenvalue weighted by Crippen LogP contribution is 2.42. The molecule has 2 N–H and O–H groups in total. The van der Waals surface area contributed by atoms with Crippen LogP contribution < -0.4 is 10.6 Å². The second-order valence-corrected chi connectivity index (χ2v) is 6.41. The summed E-state index contributed by atoms with van der Waals surface area (Å²) in [6.07, 6.45) is 7.82. The molecule has 0 bridgehead atoms. The molecule has 124 valence electrons. The number of nitrogens with zero attached hydrogens (tertiary/aromatic N) is 4. The molecule has 0 aromatic carbocycles. The molecule has 0 unspecified atom stereocenters. The van der Waals surface area contributed by atoms with Crippen LogP contribution in [0.25, 0.3) is 5.65 Å². The number of pyridine rings is 1. The van der Waals surface area contributed by atoms with Crippen LogP contribution in [0, 0.1) is 0 Å². The summed E-state index contributed by atoms with van der Waals surface area (Å²) in [6.45, 7) is 3.74. The predicted molar refractivity (Wildman–Crippen MR) is 89.8 cm³/mol. The van der Waals surface area contributed by atoms with E-state index in [0.29, 0.717) is 22.9 Å². The van der Waals surface area contributed by atoms with Gasteiger partial charge in [0.15, 0.2) is 5.65 Å². The van der Waals surface area contributed by atoms with Crippen molar-refractivity contribution in [3.63, 3.8) is 0 Å². The predicted octanol–water partition coefficient (Wildman–Crippen LogP) is 1.80. The van der Waals surface area contributed by atoms with Crippen molar-refractivity contribution in [3.05, 3.63) is 42.4 Å². The molecule has 2 aliphatic rings. The maximum atomic E-state index is 12.4. The van der Waals surface area contributed by atoms with Gasteiger partial charge in [0.05, 0.1) is 17.4 Å². The molecule has 2 aromatic heterocycles. The fraction of sp³-hybridized carbons (Fsp3) is 0.353. The van der Waals surface area contributed by atoms with E-state index < -0.39 is 0 Å². The smallest absolute Gasteiger partial charge is 0.319 e. The molecule has 1 aliphatic heterocycles. The average molecular weight is 325 g/mol. The van der Waals surface area contributed by atoms with Crippen molar-refractivity contribution in [2.45, 2.75) is 24.8 Å². The molecule has 4 rings (SSSR count). The van der Waals surface area contributed by atoms with Crippen molar-refractivity contribution < 1.29 is 9.59 Å². The first-order valence-corrected chi connectivity index (χ1v) is 7.98. The van der Waals surface area contributed by atoms with Crippen molar-refractivity contribution in [2.24, 2.45) is 5.73 Å². The Balaban J connectivity index is 1.88. The summed E-state index contributed by atoms with van der Waals surface area (Å²) in [7, 11) is 1.50. The zero-order valence-electron chi connectivity index (χ0n) is 13.5. The van der Waals surface area contributed by atoms with Crippen LogP contribution >= 0.6 is 0 Å². The van der Waals surface area contributed by atoms with Gasteiger partial charge in [-0.1, -0.05) is 6.08 Å². The lowest BCUT2D eigenvalue weighted by Crippen LogP contribution is -2.30. The topological polar surface area (TPSA) is 83.9 Å². The van der Waals surface area contributed by atoms with E-state index in [0.717, 1.165) is 23.3 Å². The third-order valence-electron chi connectivity index (χ3n) is 4.69. The van der Waals surface area contributed by atoms with E-state index in [1.54, 1.807) is 6.08 Å². The Morgan fingerprint density at radius 1 is 1.38 bits per heavy atom. The molecule has 2 fully saturated rings. The van der Waals surface area contributed by atoms with Crippen LogP contribution in [0.15, 0.2) is 31.1 Å². The van der Waals surface area contributed by atoms with Gasteiger partial charge in [0, 0.05) is 19.4 Å². The van der Waals surface area contributed by atoms with Crippen LogP contribution in [0.4, 0.5) is 10.5 Å². The Labute approximate surface area is 139 Å². The third-order valence-corrected chi connectivity index (χ3v) is 4.69. The lowest BCUT2D eigenvalue weighted by Gasteiger charge is -2.17. The molecule has 2 aromatic rings. The summed E-state index contributed by atoms with van der Waals surface area (Å²) in [5.41, 5.74) is 9.13. The molecule has 3 amide bonds. The van der Waals surface area contributed by atoms with E-state index in [9.17, 15) is 9.59 Å². The zero-order chi connectivity index (χ0) is 17.0. The first-order valence-electron chi connectivity index (χ1n) is 7.98. The molecule has 0 spiro atoms. The van der Waals surface area contributed by atoms with E-state index in [-0.39, 0.29) is 24.5 Å². The number of hydrogen-bond acceptors (Lipinski definition) is 4. The Morgan fingerprint density at radius 2 is 2.12 bits per heavy atom. The number of hydrogen-bond donors (Lipinski definition) is 1. The quantitative estimate of drug-likeness (QED) is 0.686. The van der Waals surface area contributed by atoms with Crippen LogP contribution in [-0.4, -0.2) is 39.8 Å². The van der Waals surface area contributed by atoms with Gasteiger partial charge >= 0.3 is 6.03 Å².